The molecule has 0 saturated carbocycles. The van der Waals surface area contributed by atoms with Crippen molar-refractivity contribution in [2.75, 3.05) is 13.2 Å². The molecule has 2 aromatic rings. The van der Waals surface area contributed by atoms with E-state index in [0.717, 1.165) is 10.2 Å². The van der Waals surface area contributed by atoms with E-state index in [1.807, 2.05) is 12.1 Å². The van der Waals surface area contributed by atoms with Crippen LogP contribution >= 0.6 is 27.3 Å². The quantitative estimate of drug-likeness (QED) is 0.817. The molecule has 2 rings (SSSR count). The molecule has 0 bridgehead atoms. The summed E-state index contributed by atoms with van der Waals surface area (Å²) in [5.41, 5.74) is 0.987. The lowest BCUT2D eigenvalue weighted by molar-refractivity contribution is 0.0954. The van der Waals surface area contributed by atoms with Crippen molar-refractivity contribution in [1.82, 2.24) is 10.3 Å². The molecule has 0 atom stereocenters. The van der Waals surface area contributed by atoms with E-state index in [1.165, 1.54) is 11.1 Å². The molecule has 0 spiro atoms. The van der Waals surface area contributed by atoms with Crippen molar-refractivity contribution in [1.29, 1.82) is 0 Å². The van der Waals surface area contributed by atoms with Crippen LogP contribution in [0.5, 0.6) is 0 Å². The predicted octanol–water partition coefficient (Wildman–Crippen LogP) is 2.22. The number of aliphatic hydroxyl groups excluding tert-OH is 1. The molecule has 1 amide bonds. The lowest BCUT2D eigenvalue weighted by Crippen LogP contribution is -2.26. The molecule has 0 fully saturated rings. The van der Waals surface area contributed by atoms with Crippen LogP contribution in [-0.2, 0) is 6.42 Å². The molecule has 0 radical (unpaired) electrons. The Labute approximate surface area is 135 Å². The number of thiophene rings is 1. The van der Waals surface area contributed by atoms with Crippen LogP contribution in [-0.4, -0.2) is 29.1 Å². The number of rotatable bonds is 4. The number of carbonyl (C=O) groups is 1. The molecule has 6 heteroatoms. The number of aliphatic hydroxyl groups is 1. The maximum atomic E-state index is 12.1. The zero-order chi connectivity index (χ0) is 15.1. The highest BCUT2D eigenvalue weighted by Gasteiger charge is 2.09. The molecule has 0 aromatic carbocycles. The van der Waals surface area contributed by atoms with Crippen LogP contribution in [0.25, 0.3) is 0 Å². The third-order valence-corrected chi connectivity index (χ3v) is 4.34. The van der Waals surface area contributed by atoms with E-state index in [0.29, 0.717) is 17.7 Å². The number of nitrogens with zero attached hydrogens (tertiary/aromatic N) is 1. The summed E-state index contributed by atoms with van der Waals surface area (Å²) in [5.74, 6) is 5.07. The zero-order valence-electron chi connectivity index (χ0n) is 11.1. The molecule has 2 N–H and O–H groups in total. The third kappa shape index (κ3) is 4.67. The van der Waals surface area contributed by atoms with Crippen LogP contribution in [0.3, 0.4) is 0 Å². The molecule has 2 aromatic heterocycles. The van der Waals surface area contributed by atoms with Crippen molar-refractivity contribution in [2.24, 2.45) is 0 Å². The van der Waals surface area contributed by atoms with Crippen molar-refractivity contribution in [3.05, 3.63) is 50.4 Å². The van der Waals surface area contributed by atoms with Gasteiger partial charge in [-0.25, -0.2) is 0 Å². The van der Waals surface area contributed by atoms with E-state index < -0.39 is 0 Å². The van der Waals surface area contributed by atoms with Gasteiger partial charge in [-0.15, -0.1) is 11.3 Å². The maximum Gasteiger partial charge on any atom is 0.252 e. The fraction of sp³-hybridized carbons (Fsp3) is 0.200. The number of halogens is 1. The maximum absolute atomic E-state index is 12.1. The first-order chi connectivity index (χ1) is 10.2. The topological polar surface area (TPSA) is 62.2 Å². The first-order valence-electron chi connectivity index (χ1n) is 6.27. The molecule has 21 heavy (non-hydrogen) atoms. The Morgan fingerprint density at radius 3 is 3.00 bits per heavy atom. The second kappa shape index (κ2) is 7.93. The van der Waals surface area contributed by atoms with E-state index in [4.69, 9.17) is 5.11 Å². The number of hydrogen-bond acceptors (Lipinski definition) is 4. The van der Waals surface area contributed by atoms with E-state index in [9.17, 15) is 4.79 Å². The number of amides is 1. The minimum atomic E-state index is -0.247. The number of hydrogen-bond donors (Lipinski definition) is 2. The van der Waals surface area contributed by atoms with Gasteiger partial charge in [-0.05, 0) is 40.5 Å². The van der Waals surface area contributed by atoms with Crippen molar-refractivity contribution in [2.45, 2.75) is 6.42 Å². The molecular weight excluding hydrogens is 352 g/mol. The largest absolute Gasteiger partial charge is 0.384 e. The number of aromatic nitrogens is 1. The van der Waals surface area contributed by atoms with Gasteiger partial charge in [0.1, 0.15) is 6.61 Å². The van der Waals surface area contributed by atoms with E-state index in [1.54, 1.807) is 23.6 Å². The standard InChI is InChI=1S/C15H13BrN2O2S/c16-14-4-3-12(21-14)5-8-18-15(20)13-6-7-17-10-11(13)2-1-9-19/h3-4,6-7,10,19H,5,8-9H2,(H,18,20). The number of pyridine rings is 1. The van der Waals surface area contributed by atoms with Crippen LogP contribution in [0.2, 0.25) is 0 Å². The molecule has 0 unspecified atom stereocenters. The monoisotopic (exact) mass is 364 g/mol. The Balaban J connectivity index is 1.97. The van der Waals surface area contributed by atoms with Crippen LogP contribution in [0.1, 0.15) is 20.8 Å². The van der Waals surface area contributed by atoms with Gasteiger partial charge in [0.25, 0.3) is 5.91 Å². The van der Waals surface area contributed by atoms with E-state index in [-0.39, 0.29) is 12.5 Å². The van der Waals surface area contributed by atoms with Crippen LogP contribution in [0, 0.1) is 11.8 Å². The summed E-state index contributed by atoms with van der Waals surface area (Å²) in [4.78, 5) is 17.3. The van der Waals surface area contributed by atoms with Crippen LogP contribution in [0.15, 0.2) is 34.4 Å². The van der Waals surface area contributed by atoms with Gasteiger partial charge in [-0.3, -0.25) is 9.78 Å². The van der Waals surface area contributed by atoms with E-state index in [2.05, 4.69) is 38.1 Å². The normalized spacial score (nSPS) is 9.81. The third-order valence-electron chi connectivity index (χ3n) is 2.65. The Morgan fingerprint density at radius 1 is 1.43 bits per heavy atom. The van der Waals surface area contributed by atoms with Gasteiger partial charge in [-0.1, -0.05) is 11.8 Å². The number of carbonyl (C=O) groups excluding carboxylic acids is 1. The molecule has 4 nitrogen and oxygen atoms in total. The lowest BCUT2D eigenvalue weighted by Gasteiger charge is -2.05. The summed E-state index contributed by atoms with van der Waals surface area (Å²) in [7, 11) is 0. The SMILES string of the molecule is O=C(NCCc1ccc(Br)s1)c1ccncc1C#CCO. The highest BCUT2D eigenvalue weighted by molar-refractivity contribution is 9.11. The van der Waals surface area contributed by atoms with Gasteiger partial charge in [-0.2, -0.15) is 0 Å². The molecule has 0 aliphatic heterocycles. The number of nitrogens with one attached hydrogen (secondary N) is 1. The zero-order valence-corrected chi connectivity index (χ0v) is 13.5. The summed E-state index contributed by atoms with van der Waals surface area (Å²) in [6, 6.07) is 5.65. The Kier molecular flexibility index (Phi) is 5.93. The van der Waals surface area contributed by atoms with Crippen molar-refractivity contribution < 1.29 is 9.90 Å². The highest BCUT2D eigenvalue weighted by atomic mass is 79.9. The highest BCUT2D eigenvalue weighted by Crippen LogP contribution is 2.22. The van der Waals surface area contributed by atoms with Gasteiger partial charge in [0.05, 0.1) is 14.9 Å². The van der Waals surface area contributed by atoms with Crippen LogP contribution in [0.4, 0.5) is 0 Å². The summed E-state index contributed by atoms with van der Waals surface area (Å²) in [5, 5.41) is 11.6. The molecule has 0 aliphatic carbocycles. The van der Waals surface area contributed by atoms with Gasteiger partial charge in [0.15, 0.2) is 0 Å². The minimum Gasteiger partial charge on any atom is -0.384 e. The minimum absolute atomic E-state index is 0.185. The average molecular weight is 365 g/mol. The van der Waals surface area contributed by atoms with Gasteiger partial charge in [0.2, 0.25) is 0 Å². The first-order valence-corrected chi connectivity index (χ1v) is 7.88. The summed E-state index contributed by atoms with van der Waals surface area (Å²) in [6.45, 7) is 0.310. The fourth-order valence-electron chi connectivity index (χ4n) is 1.71. The Hall–Kier alpha value is -1.68. The van der Waals surface area contributed by atoms with E-state index >= 15 is 0 Å². The van der Waals surface area contributed by atoms with Crippen molar-refractivity contribution in [3.63, 3.8) is 0 Å². The molecule has 0 saturated heterocycles. The molecular formula is C15H13BrN2O2S. The first kappa shape index (κ1) is 15.7. The Bertz CT molecular complexity index is 688. The summed E-state index contributed by atoms with van der Waals surface area (Å²) in [6.07, 6.45) is 3.86. The molecule has 108 valence electrons. The lowest BCUT2D eigenvalue weighted by atomic mass is 10.1. The molecule has 0 aliphatic rings. The van der Waals surface area contributed by atoms with Crippen molar-refractivity contribution in [3.8, 4) is 11.8 Å². The fourth-order valence-corrected chi connectivity index (χ4v) is 3.19. The van der Waals surface area contributed by atoms with Gasteiger partial charge < -0.3 is 10.4 Å². The van der Waals surface area contributed by atoms with Gasteiger partial charge >= 0.3 is 0 Å². The second-order valence-electron chi connectivity index (χ2n) is 4.09. The summed E-state index contributed by atoms with van der Waals surface area (Å²) >= 11 is 5.07. The predicted molar refractivity (Wildman–Crippen MR) is 86.3 cm³/mol. The van der Waals surface area contributed by atoms with Crippen LogP contribution < -0.4 is 5.32 Å². The summed E-state index contributed by atoms with van der Waals surface area (Å²) < 4.78 is 1.08. The molecule has 2 heterocycles. The average Bonchev–Trinajstić information content (AvgIpc) is 2.91. The smallest absolute Gasteiger partial charge is 0.252 e. The second-order valence-corrected chi connectivity index (χ2v) is 6.64. The Morgan fingerprint density at radius 2 is 2.29 bits per heavy atom. The van der Waals surface area contributed by atoms with Gasteiger partial charge in [0, 0.05) is 23.8 Å². The van der Waals surface area contributed by atoms with Crippen molar-refractivity contribution >= 4 is 33.2 Å².